The number of carbonyl (C=O) groups excluding carboxylic acids is 1. The van der Waals surface area contributed by atoms with E-state index in [2.05, 4.69) is 10.3 Å². The predicted molar refractivity (Wildman–Crippen MR) is 86.6 cm³/mol. The zero-order valence-electron chi connectivity index (χ0n) is 13.6. The first-order chi connectivity index (χ1) is 10.6. The summed E-state index contributed by atoms with van der Waals surface area (Å²) in [6.07, 6.45) is 8.40. The first kappa shape index (κ1) is 15.3. The highest BCUT2D eigenvalue weighted by Gasteiger charge is 2.30. The molecule has 5 nitrogen and oxygen atoms in total. The molecule has 0 spiro atoms. The molecule has 1 aromatic rings. The van der Waals surface area contributed by atoms with Gasteiger partial charge < -0.3 is 10.2 Å². The molecule has 0 radical (unpaired) electrons. The summed E-state index contributed by atoms with van der Waals surface area (Å²) in [5, 5.41) is 3.58. The highest BCUT2D eigenvalue weighted by Crippen LogP contribution is 2.31. The number of carbonyl (C=O) groups is 1. The maximum Gasteiger partial charge on any atom is 0.220 e. The smallest absolute Gasteiger partial charge is 0.220 e. The van der Waals surface area contributed by atoms with E-state index >= 15 is 0 Å². The van der Waals surface area contributed by atoms with Gasteiger partial charge >= 0.3 is 0 Å². The Kier molecular flexibility index (Phi) is 4.60. The van der Waals surface area contributed by atoms with Crippen LogP contribution in [0.2, 0.25) is 0 Å². The van der Waals surface area contributed by atoms with Crippen LogP contribution in [0.3, 0.4) is 0 Å². The van der Waals surface area contributed by atoms with E-state index in [1.54, 1.807) is 6.92 Å². The van der Waals surface area contributed by atoms with Gasteiger partial charge in [0.15, 0.2) is 5.82 Å². The minimum absolute atomic E-state index is 0.0457. The van der Waals surface area contributed by atoms with Crippen LogP contribution in [-0.2, 0) is 4.79 Å². The molecule has 0 aromatic carbocycles. The average Bonchev–Trinajstić information content (AvgIpc) is 2.97. The number of nitrogens with zero attached hydrogens (tertiary/aromatic N) is 3. The molecule has 120 valence electrons. The zero-order valence-corrected chi connectivity index (χ0v) is 13.6. The first-order valence-electron chi connectivity index (χ1n) is 8.53. The van der Waals surface area contributed by atoms with Crippen molar-refractivity contribution in [1.29, 1.82) is 0 Å². The molecule has 1 aliphatic heterocycles. The standard InChI is InChI=1S/C17H26N4O/c1-12-11-16(19-14-7-4-3-5-8-14)20-17(18-12)15-9-6-10-21(15)13(2)22/h11,14-15H,3-10H2,1-2H3,(H,18,19,20)/t15-/m0/s1. The normalized spacial score (nSPS) is 22.8. The van der Waals surface area contributed by atoms with Crippen molar-refractivity contribution >= 4 is 11.7 Å². The van der Waals surface area contributed by atoms with Gasteiger partial charge in [0.1, 0.15) is 5.82 Å². The van der Waals surface area contributed by atoms with E-state index in [0.29, 0.717) is 6.04 Å². The summed E-state index contributed by atoms with van der Waals surface area (Å²) >= 11 is 0. The number of aryl methyl sites for hydroxylation is 1. The molecule has 1 saturated heterocycles. The summed E-state index contributed by atoms with van der Waals surface area (Å²) < 4.78 is 0. The molecule has 22 heavy (non-hydrogen) atoms. The van der Waals surface area contributed by atoms with Gasteiger partial charge in [0.2, 0.25) is 5.91 Å². The van der Waals surface area contributed by atoms with Crippen molar-refractivity contribution in [3.63, 3.8) is 0 Å². The topological polar surface area (TPSA) is 58.1 Å². The molecule has 5 heteroatoms. The number of hydrogen-bond donors (Lipinski definition) is 1. The van der Waals surface area contributed by atoms with Crippen molar-refractivity contribution in [3.8, 4) is 0 Å². The van der Waals surface area contributed by atoms with E-state index in [1.807, 2.05) is 17.9 Å². The van der Waals surface area contributed by atoms with Crippen molar-refractivity contribution < 1.29 is 4.79 Å². The van der Waals surface area contributed by atoms with Crippen LogP contribution in [-0.4, -0.2) is 33.4 Å². The Labute approximate surface area is 132 Å². The van der Waals surface area contributed by atoms with E-state index in [9.17, 15) is 4.79 Å². The lowest BCUT2D eigenvalue weighted by Crippen LogP contribution is -2.30. The first-order valence-corrected chi connectivity index (χ1v) is 8.53. The predicted octanol–water partition coefficient (Wildman–Crippen LogP) is 3.21. The second kappa shape index (κ2) is 6.63. The number of rotatable bonds is 3. The lowest BCUT2D eigenvalue weighted by molar-refractivity contribution is -0.129. The van der Waals surface area contributed by atoms with Crippen molar-refractivity contribution in [1.82, 2.24) is 14.9 Å². The Bertz CT molecular complexity index is 539. The van der Waals surface area contributed by atoms with Crippen LogP contribution < -0.4 is 5.32 Å². The van der Waals surface area contributed by atoms with Gasteiger partial charge in [-0.25, -0.2) is 9.97 Å². The minimum Gasteiger partial charge on any atom is -0.367 e. The fourth-order valence-corrected chi connectivity index (χ4v) is 3.68. The highest BCUT2D eigenvalue weighted by molar-refractivity contribution is 5.74. The number of likely N-dealkylation sites (tertiary alicyclic amines) is 1. The Hall–Kier alpha value is -1.65. The summed E-state index contributed by atoms with van der Waals surface area (Å²) in [6.45, 7) is 4.46. The maximum atomic E-state index is 11.8. The fourth-order valence-electron chi connectivity index (χ4n) is 3.68. The van der Waals surface area contributed by atoms with E-state index in [0.717, 1.165) is 36.7 Å². The lowest BCUT2D eigenvalue weighted by Gasteiger charge is -2.25. The number of hydrogen-bond acceptors (Lipinski definition) is 4. The Morgan fingerprint density at radius 1 is 1.18 bits per heavy atom. The van der Waals surface area contributed by atoms with Gasteiger partial charge in [0.25, 0.3) is 0 Å². The lowest BCUT2D eigenvalue weighted by atomic mass is 9.95. The molecule has 1 N–H and O–H groups in total. The Balaban J connectivity index is 1.78. The second-order valence-corrected chi connectivity index (χ2v) is 6.60. The van der Waals surface area contributed by atoms with Gasteiger partial charge in [-0.1, -0.05) is 19.3 Å². The molecule has 0 unspecified atom stereocenters. The number of nitrogens with one attached hydrogen (secondary N) is 1. The minimum atomic E-state index is 0.0457. The van der Waals surface area contributed by atoms with Gasteiger partial charge in [-0.3, -0.25) is 4.79 Å². The van der Waals surface area contributed by atoms with Crippen LogP contribution in [0.1, 0.15) is 69.4 Å². The van der Waals surface area contributed by atoms with Crippen LogP contribution >= 0.6 is 0 Å². The highest BCUT2D eigenvalue weighted by atomic mass is 16.2. The van der Waals surface area contributed by atoms with Gasteiger partial charge in [0, 0.05) is 31.3 Å². The fraction of sp³-hybridized carbons (Fsp3) is 0.706. The number of amides is 1. The van der Waals surface area contributed by atoms with Crippen molar-refractivity contribution in [2.45, 2.75) is 70.9 Å². The molecular formula is C17H26N4O. The summed E-state index contributed by atoms with van der Waals surface area (Å²) in [6, 6.07) is 2.60. The zero-order chi connectivity index (χ0) is 15.5. The van der Waals surface area contributed by atoms with E-state index in [4.69, 9.17) is 4.98 Å². The molecule has 3 rings (SSSR count). The van der Waals surface area contributed by atoms with Crippen LogP contribution in [0.5, 0.6) is 0 Å². The Morgan fingerprint density at radius 3 is 2.68 bits per heavy atom. The third-order valence-electron chi connectivity index (χ3n) is 4.78. The van der Waals surface area contributed by atoms with Crippen LogP contribution in [0.4, 0.5) is 5.82 Å². The quantitative estimate of drug-likeness (QED) is 0.931. The molecule has 1 saturated carbocycles. The summed E-state index contributed by atoms with van der Waals surface area (Å²) in [4.78, 5) is 23.0. The van der Waals surface area contributed by atoms with Crippen molar-refractivity contribution in [2.24, 2.45) is 0 Å². The average molecular weight is 302 g/mol. The van der Waals surface area contributed by atoms with E-state index in [1.165, 1.54) is 32.1 Å². The van der Waals surface area contributed by atoms with Crippen molar-refractivity contribution in [3.05, 3.63) is 17.6 Å². The van der Waals surface area contributed by atoms with Gasteiger partial charge in [0.05, 0.1) is 6.04 Å². The Morgan fingerprint density at radius 2 is 1.95 bits per heavy atom. The van der Waals surface area contributed by atoms with Gasteiger partial charge in [-0.05, 0) is 32.6 Å². The summed E-state index contributed by atoms with van der Waals surface area (Å²) in [5.74, 6) is 1.84. The van der Waals surface area contributed by atoms with Crippen molar-refractivity contribution in [2.75, 3.05) is 11.9 Å². The van der Waals surface area contributed by atoms with Crippen LogP contribution in [0, 0.1) is 6.92 Å². The molecule has 1 aromatic heterocycles. The molecule has 1 amide bonds. The van der Waals surface area contributed by atoms with Gasteiger partial charge in [-0.2, -0.15) is 0 Å². The second-order valence-electron chi connectivity index (χ2n) is 6.60. The number of anilines is 1. The molecule has 1 aliphatic carbocycles. The summed E-state index contributed by atoms with van der Waals surface area (Å²) in [5.41, 5.74) is 0.971. The molecule has 2 heterocycles. The number of aromatic nitrogens is 2. The van der Waals surface area contributed by atoms with Crippen LogP contribution in [0.15, 0.2) is 6.07 Å². The maximum absolute atomic E-state index is 11.8. The third-order valence-corrected chi connectivity index (χ3v) is 4.78. The van der Waals surface area contributed by atoms with E-state index < -0.39 is 0 Å². The summed E-state index contributed by atoms with van der Waals surface area (Å²) in [7, 11) is 0. The van der Waals surface area contributed by atoms with Crippen LogP contribution in [0.25, 0.3) is 0 Å². The SMILES string of the molecule is CC(=O)N1CCC[C@H]1c1nc(C)cc(NC2CCCCC2)n1. The largest absolute Gasteiger partial charge is 0.367 e. The molecular weight excluding hydrogens is 276 g/mol. The van der Waals surface area contributed by atoms with Gasteiger partial charge in [-0.15, -0.1) is 0 Å². The molecule has 2 fully saturated rings. The monoisotopic (exact) mass is 302 g/mol. The third kappa shape index (κ3) is 3.39. The molecule has 0 bridgehead atoms. The molecule has 2 aliphatic rings. The molecule has 1 atom stereocenters. The van der Waals surface area contributed by atoms with E-state index in [-0.39, 0.29) is 11.9 Å².